The molecule has 0 spiro atoms. The molecule has 4 nitrogen and oxygen atoms in total. The first kappa shape index (κ1) is 12.1. The Bertz CT molecular complexity index is 361. The number of amides is 1. The minimum atomic E-state index is -0.473. The zero-order valence-corrected chi connectivity index (χ0v) is 9.84. The summed E-state index contributed by atoms with van der Waals surface area (Å²) in [6.07, 6.45) is 1.47. The minimum absolute atomic E-state index is 0.0199. The summed E-state index contributed by atoms with van der Waals surface area (Å²) >= 11 is 0. The minimum Gasteiger partial charge on any atom is -0.361 e. The first-order valence-corrected chi connectivity index (χ1v) is 5.93. The van der Waals surface area contributed by atoms with E-state index in [1.54, 1.807) is 4.90 Å². The van der Waals surface area contributed by atoms with Crippen molar-refractivity contribution >= 4 is 5.91 Å². The van der Waals surface area contributed by atoms with Gasteiger partial charge >= 0.3 is 0 Å². The SMILES string of the molecule is N[C@@H](Cc1ccccc1)C(=O)N1CCCOC1. The molecule has 1 amide bonds. The van der Waals surface area contributed by atoms with Crippen molar-refractivity contribution in [1.82, 2.24) is 4.90 Å². The predicted octanol–water partition coefficient (Wildman–Crippen LogP) is 0.763. The van der Waals surface area contributed by atoms with Crippen LogP contribution in [0.3, 0.4) is 0 Å². The number of nitrogens with zero attached hydrogens (tertiary/aromatic N) is 1. The topological polar surface area (TPSA) is 55.6 Å². The van der Waals surface area contributed by atoms with Gasteiger partial charge in [0.1, 0.15) is 6.73 Å². The van der Waals surface area contributed by atoms with Gasteiger partial charge in [-0.05, 0) is 18.4 Å². The summed E-state index contributed by atoms with van der Waals surface area (Å²) in [5.74, 6) is -0.0199. The second-order valence-electron chi connectivity index (χ2n) is 4.29. The van der Waals surface area contributed by atoms with E-state index in [1.165, 1.54) is 0 Å². The van der Waals surface area contributed by atoms with Crippen molar-refractivity contribution in [2.45, 2.75) is 18.9 Å². The largest absolute Gasteiger partial charge is 0.361 e. The zero-order valence-electron chi connectivity index (χ0n) is 9.84. The Morgan fingerprint density at radius 2 is 2.18 bits per heavy atom. The summed E-state index contributed by atoms with van der Waals surface area (Å²) in [6.45, 7) is 1.86. The quantitative estimate of drug-likeness (QED) is 0.840. The normalized spacial score (nSPS) is 17.8. The third-order valence-corrected chi connectivity index (χ3v) is 2.89. The van der Waals surface area contributed by atoms with Gasteiger partial charge in [-0.1, -0.05) is 30.3 Å². The molecule has 17 heavy (non-hydrogen) atoms. The van der Waals surface area contributed by atoms with Gasteiger partial charge in [-0.15, -0.1) is 0 Å². The Balaban J connectivity index is 1.90. The monoisotopic (exact) mass is 234 g/mol. The first-order chi connectivity index (χ1) is 8.27. The number of benzene rings is 1. The highest BCUT2D eigenvalue weighted by Gasteiger charge is 2.22. The fourth-order valence-electron chi connectivity index (χ4n) is 1.96. The van der Waals surface area contributed by atoms with Crippen LogP contribution in [-0.4, -0.2) is 36.7 Å². The molecule has 4 heteroatoms. The second kappa shape index (κ2) is 5.80. The van der Waals surface area contributed by atoms with Crippen LogP contribution >= 0.6 is 0 Å². The Kier molecular flexibility index (Phi) is 4.12. The lowest BCUT2D eigenvalue weighted by Gasteiger charge is -2.29. The number of ether oxygens (including phenoxy) is 1. The maximum absolute atomic E-state index is 12.0. The molecule has 92 valence electrons. The summed E-state index contributed by atoms with van der Waals surface area (Å²) in [7, 11) is 0. The van der Waals surface area contributed by atoms with Crippen molar-refractivity contribution in [1.29, 1.82) is 0 Å². The van der Waals surface area contributed by atoms with E-state index in [4.69, 9.17) is 10.5 Å². The van der Waals surface area contributed by atoms with Crippen molar-refractivity contribution in [2.75, 3.05) is 19.9 Å². The van der Waals surface area contributed by atoms with Crippen LogP contribution in [0.4, 0.5) is 0 Å². The molecule has 2 N–H and O–H groups in total. The number of carbonyl (C=O) groups is 1. The van der Waals surface area contributed by atoms with Crippen molar-refractivity contribution in [2.24, 2.45) is 5.73 Å². The van der Waals surface area contributed by atoms with Gasteiger partial charge < -0.3 is 15.4 Å². The van der Waals surface area contributed by atoms with E-state index < -0.39 is 6.04 Å². The van der Waals surface area contributed by atoms with Crippen molar-refractivity contribution < 1.29 is 9.53 Å². The van der Waals surface area contributed by atoms with Gasteiger partial charge in [-0.3, -0.25) is 4.79 Å². The van der Waals surface area contributed by atoms with E-state index >= 15 is 0 Å². The van der Waals surface area contributed by atoms with Gasteiger partial charge in [0.2, 0.25) is 5.91 Å². The van der Waals surface area contributed by atoms with Gasteiger partial charge in [0.05, 0.1) is 12.6 Å². The molecule has 1 aromatic carbocycles. The van der Waals surface area contributed by atoms with Crippen LogP contribution in [0.2, 0.25) is 0 Å². The molecule has 1 atom stereocenters. The highest BCUT2D eigenvalue weighted by atomic mass is 16.5. The third-order valence-electron chi connectivity index (χ3n) is 2.89. The highest BCUT2D eigenvalue weighted by Crippen LogP contribution is 2.07. The Morgan fingerprint density at radius 3 is 2.82 bits per heavy atom. The molecule has 1 aromatic rings. The lowest BCUT2D eigenvalue weighted by molar-refractivity contribution is -0.142. The summed E-state index contributed by atoms with van der Waals surface area (Å²) in [5, 5.41) is 0. The number of nitrogens with two attached hydrogens (primary N) is 1. The van der Waals surface area contributed by atoms with Crippen LogP contribution in [0.15, 0.2) is 30.3 Å². The molecule has 1 fully saturated rings. The number of rotatable bonds is 3. The van der Waals surface area contributed by atoms with Crippen LogP contribution < -0.4 is 5.73 Å². The van der Waals surface area contributed by atoms with Crippen LogP contribution in [0.5, 0.6) is 0 Å². The standard InChI is InChI=1S/C13H18N2O2/c14-12(9-11-5-2-1-3-6-11)13(16)15-7-4-8-17-10-15/h1-3,5-6,12H,4,7-10,14H2/t12-/m0/s1. The molecule has 1 aliphatic heterocycles. The third kappa shape index (κ3) is 3.28. The molecule has 0 aromatic heterocycles. The number of hydrogen-bond donors (Lipinski definition) is 1. The Labute approximate surface area is 101 Å². The van der Waals surface area contributed by atoms with Crippen LogP contribution in [-0.2, 0) is 16.0 Å². The van der Waals surface area contributed by atoms with E-state index in [9.17, 15) is 4.79 Å². The molecule has 1 heterocycles. The van der Waals surface area contributed by atoms with Crippen molar-refractivity contribution in [3.63, 3.8) is 0 Å². The van der Waals surface area contributed by atoms with Crippen LogP contribution in [0.25, 0.3) is 0 Å². The van der Waals surface area contributed by atoms with E-state index in [0.717, 1.165) is 25.1 Å². The average Bonchev–Trinajstić information content (AvgIpc) is 2.40. The molecule has 0 saturated carbocycles. The summed E-state index contributed by atoms with van der Waals surface area (Å²) in [4.78, 5) is 13.7. The molecule has 1 aliphatic rings. The van der Waals surface area contributed by atoms with E-state index in [1.807, 2.05) is 30.3 Å². The maximum Gasteiger partial charge on any atom is 0.241 e. The molecule has 0 bridgehead atoms. The first-order valence-electron chi connectivity index (χ1n) is 5.93. The molecule has 0 aliphatic carbocycles. The lowest BCUT2D eigenvalue weighted by atomic mass is 10.1. The lowest BCUT2D eigenvalue weighted by Crippen LogP contribution is -2.48. The smallest absolute Gasteiger partial charge is 0.241 e. The Hall–Kier alpha value is -1.39. The zero-order chi connectivity index (χ0) is 12.1. The highest BCUT2D eigenvalue weighted by molar-refractivity contribution is 5.81. The van der Waals surface area contributed by atoms with Gasteiger partial charge in [0.25, 0.3) is 0 Å². The van der Waals surface area contributed by atoms with Gasteiger partial charge in [0, 0.05) is 6.54 Å². The second-order valence-corrected chi connectivity index (χ2v) is 4.29. The van der Waals surface area contributed by atoms with E-state index in [2.05, 4.69) is 0 Å². The van der Waals surface area contributed by atoms with Gasteiger partial charge in [-0.2, -0.15) is 0 Å². The maximum atomic E-state index is 12.0. The molecular formula is C13H18N2O2. The fourth-order valence-corrected chi connectivity index (χ4v) is 1.96. The van der Waals surface area contributed by atoms with Crippen LogP contribution in [0, 0.1) is 0 Å². The molecule has 1 saturated heterocycles. The Morgan fingerprint density at radius 1 is 1.41 bits per heavy atom. The summed E-state index contributed by atoms with van der Waals surface area (Å²) < 4.78 is 5.25. The molecule has 0 radical (unpaired) electrons. The van der Waals surface area contributed by atoms with Gasteiger partial charge in [-0.25, -0.2) is 0 Å². The number of carbonyl (C=O) groups excluding carboxylic acids is 1. The molecule has 0 unspecified atom stereocenters. The number of hydrogen-bond acceptors (Lipinski definition) is 3. The average molecular weight is 234 g/mol. The summed E-state index contributed by atoms with van der Waals surface area (Å²) in [6, 6.07) is 9.36. The van der Waals surface area contributed by atoms with Crippen molar-refractivity contribution in [3.8, 4) is 0 Å². The van der Waals surface area contributed by atoms with E-state index in [0.29, 0.717) is 13.2 Å². The molecular weight excluding hydrogens is 216 g/mol. The molecule has 2 rings (SSSR count). The van der Waals surface area contributed by atoms with Crippen LogP contribution in [0.1, 0.15) is 12.0 Å². The fraction of sp³-hybridized carbons (Fsp3) is 0.462. The van der Waals surface area contributed by atoms with Crippen molar-refractivity contribution in [3.05, 3.63) is 35.9 Å². The summed E-state index contributed by atoms with van der Waals surface area (Å²) in [5.41, 5.74) is 7.02. The van der Waals surface area contributed by atoms with E-state index in [-0.39, 0.29) is 5.91 Å². The predicted molar refractivity (Wildman–Crippen MR) is 65.3 cm³/mol. The van der Waals surface area contributed by atoms with Gasteiger partial charge in [0.15, 0.2) is 0 Å².